The zero-order valence-corrected chi connectivity index (χ0v) is 5.22. The van der Waals surface area contributed by atoms with E-state index in [9.17, 15) is 4.79 Å². The predicted octanol–water partition coefficient (Wildman–Crippen LogP) is 1.50. The molecule has 1 nitrogen and oxygen atoms in total. The van der Waals surface area contributed by atoms with Crippen molar-refractivity contribution in [2.75, 3.05) is 5.08 Å². The molecule has 0 saturated heterocycles. The number of rotatable bonds is 0. The van der Waals surface area contributed by atoms with Crippen LogP contribution in [-0.2, 0) is 4.79 Å². The van der Waals surface area contributed by atoms with Crippen LogP contribution in [0.2, 0.25) is 0 Å². The topological polar surface area (TPSA) is 17.1 Å². The summed E-state index contributed by atoms with van der Waals surface area (Å²) in [6.07, 6.45) is 0. The molecule has 1 aliphatic heterocycles. The second kappa shape index (κ2) is 2.36. The zero-order valence-electron chi connectivity index (χ0n) is 3.59. The van der Waals surface area contributed by atoms with Crippen molar-refractivity contribution in [1.29, 1.82) is 0 Å². The van der Waals surface area contributed by atoms with Gasteiger partial charge in [0, 0.05) is 0 Å². The van der Waals surface area contributed by atoms with Crippen LogP contribution in [0.4, 0.5) is 0 Å². The summed E-state index contributed by atoms with van der Waals surface area (Å²) in [6.45, 7) is 0. The molecular formula is C4H4OS2. The Morgan fingerprint density at radius 3 is 3.00 bits per heavy atom. The van der Waals surface area contributed by atoms with Gasteiger partial charge in [-0.2, -0.15) is 0 Å². The maximum Gasteiger partial charge on any atom is 0.160 e. The molecule has 0 aromatic rings. The van der Waals surface area contributed by atoms with Gasteiger partial charge in [-0.25, -0.2) is 4.79 Å². The molecule has 0 bridgehead atoms. The van der Waals surface area contributed by atoms with Crippen molar-refractivity contribution in [2.24, 2.45) is 0 Å². The summed E-state index contributed by atoms with van der Waals surface area (Å²) in [5.74, 6) is 0. The summed E-state index contributed by atoms with van der Waals surface area (Å²) in [4.78, 5) is 9.83. The highest BCUT2D eigenvalue weighted by Crippen LogP contribution is 2.28. The highest BCUT2D eigenvalue weighted by Gasteiger charge is 1.95. The van der Waals surface area contributed by atoms with Crippen molar-refractivity contribution in [3.05, 3.63) is 10.8 Å². The first-order chi connectivity index (χ1) is 3.43. The minimum atomic E-state index is -0.157. The van der Waals surface area contributed by atoms with Gasteiger partial charge in [0.2, 0.25) is 0 Å². The lowest BCUT2D eigenvalue weighted by Crippen LogP contribution is -1.57. The fourth-order valence-corrected chi connectivity index (χ4v) is 2.62. The fraction of sp³-hybridized carbons (Fsp3) is 0.250. The summed E-state index contributed by atoms with van der Waals surface area (Å²) >= 11 is 1.68. The molecule has 0 fully saturated rings. The van der Waals surface area contributed by atoms with Crippen LogP contribution < -0.4 is 0 Å². The van der Waals surface area contributed by atoms with Crippen LogP contribution in [0.15, 0.2) is 10.8 Å². The van der Waals surface area contributed by atoms with Gasteiger partial charge >= 0.3 is 0 Å². The first-order valence-electron chi connectivity index (χ1n) is 1.79. The lowest BCUT2D eigenvalue weighted by molar-refractivity contribution is 0.572. The van der Waals surface area contributed by atoms with Crippen molar-refractivity contribution in [3.8, 4) is 0 Å². The summed E-state index contributed by atoms with van der Waals surface area (Å²) in [6, 6.07) is 0. The molecule has 1 unspecified atom stereocenters. The molecule has 1 heterocycles. The lowest BCUT2D eigenvalue weighted by Gasteiger charge is -1.78. The van der Waals surface area contributed by atoms with Crippen molar-refractivity contribution < 1.29 is 4.79 Å². The van der Waals surface area contributed by atoms with E-state index in [2.05, 4.69) is 0 Å². The second-order valence-electron chi connectivity index (χ2n) is 1.07. The van der Waals surface area contributed by atoms with Gasteiger partial charge in [0.1, 0.15) is 0 Å². The standard InChI is InChI=1S/C4H4OS2/c5-3-7-2-1-6-4-7/h1-2H,4H2. The SMILES string of the molecule is O=C=S1C=CSC1. The van der Waals surface area contributed by atoms with E-state index in [0.29, 0.717) is 0 Å². The Balaban J connectivity index is 2.77. The van der Waals surface area contributed by atoms with Crippen LogP contribution in [0.5, 0.6) is 0 Å². The molecule has 0 aromatic heterocycles. The number of carbonyl (C=O) groups excluding carboxylic acids is 1. The van der Waals surface area contributed by atoms with Crippen LogP contribution in [0.1, 0.15) is 0 Å². The zero-order chi connectivity index (χ0) is 5.11. The predicted molar refractivity (Wildman–Crippen MR) is 34.9 cm³/mol. The fourth-order valence-electron chi connectivity index (χ4n) is 0.310. The monoisotopic (exact) mass is 132 g/mol. The minimum Gasteiger partial charge on any atom is -0.226 e. The van der Waals surface area contributed by atoms with E-state index in [1.807, 2.05) is 16.0 Å². The molecule has 38 valence electrons. The van der Waals surface area contributed by atoms with Gasteiger partial charge in [0.25, 0.3) is 0 Å². The normalized spacial score (nSPS) is 27.7. The molecular weight excluding hydrogens is 128 g/mol. The van der Waals surface area contributed by atoms with Crippen LogP contribution in [0, 0.1) is 0 Å². The summed E-state index contributed by atoms with van der Waals surface area (Å²) in [5.41, 5.74) is 0. The van der Waals surface area contributed by atoms with E-state index >= 15 is 0 Å². The van der Waals surface area contributed by atoms with E-state index < -0.39 is 0 Å². The Hall–Kier alpha value is 0.0200. The van der Waals surface area contributed by atoms with Crippen molar-refractivity contribution >= 4 is 27.5 Å². The third kappa shape index (κ3) is 1.20. The smallest absolute Gasteiger partial charge is 0.160 e. The summed E-state index contributed by atoms with van der Waals surface area (Å²) in [7, 11) is -0.157. The van der Waals surface area contributed by atoms with Gasteiger partial charge in [-0.1, -0.05) is 10.5 Å². The van der Waals surface area contributed by atoms with E-state index in [0.717, 1.165) is 5.08 Å². The van der Waals surface area contributed by atoms with Crippen LogP contribution in [-0.4, -0.2) is 10.3 Å². The molecule has 0 N–H and O–H groups in total. The molecule has 7 heavy (non-hydrogen) atoms. The van der Waals surface area contributed by atoms with E-state index in [1.54, 1.807) is 11.8 Å². The van der Waals surface area contributed by atoms with Crippen LogP contribution >= 0.6 is 22.2 Å². The first kappa shape index (κ1) is 5.16. The quantitative estimate of drug-likeness (QED) is 0.464. The molecule has 1 atom stereocenters. The highest BCUT2D eigenvalue weighted by atomic mass is 32.2. The van der Waals surface area contributed by atoms with Crippen LogP contribution in [0.3, 0.4) is 0 Å². The third-order valence-electron chi connectivity index (χ3n) is 0.618. The average molecular weight is 132 g/mol. The minimum absolute atomic E-state index is 0.157. The van der Waals surface area contributed by atoms with E-state index in [-0.39, 0.29) is 10.5 Å². The first-order valence-corrected chi connectivity index (χ1v) is 4.30. The summed E-state index contributed by atoms with van der Waals surface area (Å²) in [5, 5.41) is 6.71. The lowest BCUT2D eigenvalue weighted by atomic mass is 11.3. The third-order valence-corrected chi connectivity index (χ3v) is 3.36. The van der Waals surface area contributed by atoms with Gasteiger partial charge in [0.05, 0.1) is 5.08 Å². The molecule has 1 rings (SSSR count). The molecule has 0 aliphatic carbocycles. The molecule has 0 spiro atoms. The van der Waals surface area contributed by atoms with Crippen molar-refractivity contribution in [1.82, 2.24) is 0 Å². The maximum atomic E-state index is 9.83. The Kier molecular flexibility index (Phi) is 1.74. The van der Waals surface area contributed by atoms with E-state index in [4.69, 9.17) is 0 Å². The second-order valence-corrected chi connectivity index (χ2v) is 3.91. The van der Waals surface area contributed by atoms with Gasteiger partial charge in [-0.15, -0.1) is 11.8 Å². The molecule has 0 radical (unpaired) electrons. The van der Waals surface area contributed by atoms with E-state index in [1.165, 1.54) is 0 Å². The Labute approximate surface area is 48.7 Å². The molecule has 0 amide bonds. The Morgan fingerprint density at radius 2 is 2.71 bits per heavy atom. The molecule has 3 heteroatoms. The van der Waals surface area contributed by atoms with Crippen molar-refractivity contribution in [2.45, 2.75) is 0 Å². The maximum absolute atomic E-state index is 9.83. The molecule has 0 saturated carbocycles. The number of thioether (sulfide) groups is 1. The van der Waals surface area contributed by atoms with Crippen molar-refractivity contribution in [3.63, 3.8) is 0 Å². The van der Waals surface area contributed by atoms with Crippen LogP contribution in [0.25, 0.3) is 0 Å². The van der Waals surface area contributed by atoms with Gasteiger partial charge < -0.3 is 0 Å². The van der Waals surface area contributed by atoms with Gasteiger partial charge in [-0.3, -0.25) is 0 Å². The average Bonchev–Trinajstić information content (AvgIpc) is 2.14. The molecule has 0 aromatic carbocycles. The largest absolute Gasteiger partial charge is 0.226 e. The Bertz CT molecular complexity index is 144. The molecule has 1 aliphatic rings. The van der Waals surface area contributed by atoms with Gasteiger partial charge in [-0.05, 0) is 10.8 Å². The highest BCUT2D eigenvalue weighted by molar-refractivity contribution is 8.29. The number of hydrogen-bond donors (Lipinski definition) is 0. The number of hydrogen-bond acceptors (Lipinski definition) is 2. The Morgan fingerprint density at radius 1 is 1.86 bits per heavy atom. The summed E-state index contributed by atoms with van der Waals surface area (Å²) < 4.78 is 0. The van der Waals surface area contributed by atoms with Gasteiger partial charge in [0.15, 0.2) is 5.23 Å².